The van der Waals surface area contributed by atoms with E-state index in [2.05, 4.69) is 6.58 Å². The summed E-state index contributed by atoms with van der Waals surface area (Å²) in [6, 6.07) is 0. The Morgan fingerprint density at radius 2 is 1.88 bits per heavy atom. The van der Waals surface area contributed by atoms with E-state index in [1.807, 2.05) is 0 Å². The van der Waals surface area contributed by atoms with Gasteiger partial charge in [-0.1, -0.05) is 6.58 Å². The molecule has 3 heteroatoms. The maximum atomic E-state index is 5.02. The number of hydrogen-bond donors (Lipinski definition) is 0. The minimum Gasteiger partial charge on any atom is -0.428 e. The molecule has 0 radical (unpaired) electrons. The second-order valence-electron chi connectivity index (χ2n) is 1.78. The van der Waals surface area contributed by atoms with E-state index in [4.69, 9.17) is 14.2 Å². The van der Waals surface area contributed by atoms with Crippen LogP contribution < -0.4 is 0 Å². The molecule has 0 aromatic heterocycles. The van der Waals surface area contributed by atoms with Gasteiger partial charge in [0.05, 0.1) is 13.2 Å². The van der Waals surface area contributed by atoms with Crippen LogP contribution in [-0.2, 0) is 14.2 Å². The van der Waals surface area contributed by atoms with Crippen LogP contribution in [0.5, 0.6) is 0 Å². The highest BCUT2D eigenvalue weighted by Gasteiger charge is 2.58. The quantitative estimate of drug-likeness (QED) is 0.422. The zero-order chi connectivity index (χ0) is 5.61. The van der Waals surface area contributed by atoms with E-state index < -0.39 is 5.97 Å². The van der Waals surface area contributed by atoms with Gasteiger partial charge in [-0.2, -0.15) is 0 Å². The standard InChI is InChI=1S/C5H6O3/c1-4-5(8-4)6-2-3-7-5/h1-3H2. The highest BCUT2D eigenvalue weighted by Crippen LogP contribution is 2.44. The number of epoxide rings is 1. The fraction of sp³-hybridized carbons (Fsp3) is 0.600. The fourth-order valence-corrected chi connectivity index (χ4v) is 0.750. The van der Waals surface area contributed by atoms with Crippen LogP contribution in [0.4, 0.5) is 0 Å². The van der Waals surface area contributed by atoms with E-state index in [1.165, 1.54) is 0 Å². The third-order valence-corrected chi connectivity index (χ3v) is 1.22. The van der Waals surface area contributed by atoms with Crippen molar-refractivity contribution in [1.82, 2.24) is 0 Å². The molecule has 8 heavy (non-hydrogen) atoms. The molecule has 2 rings (SSSR count). The van der Waals surface area contributed by atoms with Gasteiger partial charge in [-0.25, -0.2) is 0 Å². The van der Waals surface area contributed by atoms with Crippen molar-refractivity contribution in [3.63, 3.8) is 0 Å². The minimum absolute atomic E-state index is 0.593. The van der Waals surface area contributed by atoms with Crippen molar-refractivity contribution >= 4 is 0 Å². The summed E-state index contributed by atoms with van der Waals surface area (Å²) in [5, 5.41) is 0. The lowest BCUT2D eigenvalue weighted by Crippen LogP contribution is -2.07. The van der Waals surface area contributed by atoms with E-state index in [0.29, 0.717) is 19.0 Å². The lowest BCUT2D eigenvalue weighted by Gasteiger charge is -1.93. The van der Waals surface area contributed by atoms with Crippen LogP contribution in [0.3, 0.4) is 0 Å². The molecule has 0 N–H and O–H groups in total. The van der Waals surface area contributed by atoms with Crippen molar-refractivity contribution < 1.29 is 14.2 Å². The molecule has 1 spiro atoms. The van der Waals surface area contributed by atoms with Crippen molar-refractivity contribution in [3.05, 3.63) is 12.3 Å². The summed E-state index contributed by atoms with van der Waals surface area (Å²) >= 11 is 0. The second-order valence-corrected chi connectivity index (χ2v) is 1.78. The maximum absolute atomic E-state index is 5.02. The average Bonchev–Trinajstić information content (AvgIpc) is 2.29. The van der Waals surface area contributed by atoms with Gasteiger partial charge in [0.2, 0.25) is 0 Å². The molecule has 0 aliphatic carbocycles. The molecule has 2 aliphatic heterocycles. The average molecular weight is 114 g/mol. The van der Waals surface area contributed by atoms with Crippen LogP contribution in [0.15, 0.2) is 12.3 Å². The smallest absolute Gasteiger partial charge is 0.389 e. The van der Waals surface area contributed by atoms with Crippen LogP contribution in [0.2, 0.25) is 0 Å². The summed E-state index contributed by atoms with van der Waals surface area (Å²) in [5.41, 5.74) is 0. The Balaban J connectivity index is 2.16. The number of ether oxygens (including phenoxy) is 3. The van der Waals surface area contributed by atoms with Gasteiger partial charge in [0.25, 0.3) is 0 Å². The van der Waals surface area contributed by atoms with Gasteiger partial charge in [0.15, 0.2) is 5.76 Å². The molecule has 44 valence electrons. The van der Waals surface area contributed by atoms with Crippen molar-refractivity contribution in [1.29, 1.82) is 0 Å². The van der Waals surface area contributed by atoms with Crippen LogP contribution in [0.1, 0.15) is 0 Å². The molecular formula is C5H6O3. The Labute approximate surface area is 46.8 Å². The summed E-state index contributed by atoms with van der Waals surface area (Å²) < 4.78 is 14.9. The summed E-state index contributed by atoms with van der Waals surface area (Å²) in [4.78, 5) is 0. The van der Waals surface area contributed by atoms with Gasteiger partial charge >= 0.3 is 5.97 Å². The molecule has 2 fully saturated rings. The van der Waals surface area contributed by atoms with Crippen LogP contribution in [-0.4, -0.2) is 19.2 Å². The molecule has 2 saturated heterocycles. The van der Waals surface area contributed by atoms with Crippen molar-refractivity contribution in [2.45, 2.75) is 5.97 Å². The van der Waals surface area contributed by atoms with E-state index in [9.17, 15) is 0 Å². The third kappa shape index (κ3) is 0.356. The third-order valence-electron chi connectivity index (χ3n) is 1.22. The van der Waals surface area contributed by atoms with Crippen LogP contribution >= 0.6 is 0 Å². The second kappa shape index (κ2) is 1.06. The molecule has 0 amide bonds. The summed E-state index contributed by atoms with van der Waals surface area (Å²) in [7, 11) is 0. The first-order valence-electron chi connectivity index (χ1n) is 2.50. The van der Waals surface area contributed by atoms with Gasteiger partial charge in [0.1, 0.15) is 0 Å². The first-order valence-corrected chi connectivity index (χ1v) is 2.50. The Morgan fingerprint density at radius 1 is 1.38 bits per heavy atom. The molecule has 0 bridgehead atoms. The molecule has 0 atom stereocenters. The number of hydrogen-bond acceptors (Lipinski definition) is 3. The summed E-state index contributed by atoms with van der Waals surface area (Å²) in [6.45, 7) is 4.75. The topological polar surface area (TPSA) is 31.0 Å². The Hall–Kier alpha value is -0.540. The SMILES string of the molecule is C=C1OC12OCCO2. The lowest BCUT2D eigenvalue weighted by molar-refractivity contribution is -0.145. The first-order chi connectivity index (χ1) is 3.83. The van der Waals surface area contributed by atoms with Gasteiger partial charge in [0, 0.05) is 0 Å². The zero-order valence-electron chi connectivity index (χ0n) is 4.35. The Kier molecular flexibility index (Phi) is 0.578. The predicted molar refractivity (Wildman–Crippen MR) is 24.9 cm³/mol. The molecule has 2 aliphatic rings. The van der Waals surface area contributed by atoms with Crippen LogP contribution in [0, 0.1) is 0 Å². The molecule has 0 unspecified atom stereocenters. The minimum atomic E-state index is -0.792. The highest BCUT2D eigenvalue weighted by molar-refractivity contribution is 5.11. The Morgan fingerprint density at radius 3 is 2.12 bits per heavy atom. The molecule has 2 heterocycles. The highest BCUT2D eigenvalue weighted by atomic mass is 17.0. The molecule has 0 saturated carbocycles. The van der Waals surface area contributed by atoms with Crippen molar-refractivity contribution in [3.8, 4) is 0 Å². The summed E-state index contributed by atoms with van der Waals surface area (Å²) in [5.74, 6) is -0.199. The fourth-order valence-electron chi connectivity index (χ4n) is 0.750. The van der Waals surface area contributed by atoms with Gasteiger partial charge in [-0.15, -0.1) is 0 Å². The lowest BCUT2D eigenvalue weighted by atomic mass is 10.6. The number of rotatable bonds is 0. The predicted octanol–water partition coefficient (Wildman–Crippen LogP) is 0.231. The summed E-state index contributed by atoms with van der Waals surface area (Å²) in [6.07, 6.45) is 0. The first kappa shape index (κ1) is 4.35. The van der Waals surface area contributed by atoms with Gasteiger partial charge in [-0.05, 0) is 0 Å². The van der Waals surface area contributed by atoms with Gasteiger partial charge in [-0.3, -0.25) is 0 Å². The van der Waals surface area contributed by atoms with E-state index in [1.54, 1.807) is 0 Å². The van der Waals surface area contributed by atoms with Crippen molar-refractivity contribution in [2.75, 3.05) is 13.2 Å². The van der Waals surface area contributed by atoms with Gasteiger partial charge < -0.3 is 14.2 Å². The van der Waals surface area contributed by atoms with Crippen molar-refractivity contribution in [2.24, 2.45) is 0 Å². The maximum Gasteiger partial charge on any atom is 0.389 e. The Bertz CT molecular complexity index is 135. The van der Waals surface area contributed by atoms with E-state index >= 15 is 0 Å². The largest absolute Gasteiger partial charge is 0.428 e. The monoisotopic (exact) mass is 114 g/mol. The molecule has 0 aromatic carbocycles. The van der Waals surface area contributed by atoms with E-state index in [-0.39, 0.29) is 0 Å². The molecular weight excluding hydrogens is 108 g/mol. The zero-order valence-corrected chi connectivity index (χ0v) is 4.35. The molecule has 0 aromatic rings. The van der Waals surface area contributed by atoms with E-state index in [0.717, 1.165) is 0 Å². The van der Waals surface area contributed by atoms with Crippen LogP contribution in [0.25, 0.3) is 0 Å². The normalized spacial score (nSPS) is 30.8. The molecule has 3 nitrogen and oxygen atoms in total.